The normalized spacial score (nSPS) is 18.9. The summed E-state index contributed by atoms with van der Waals surface area (Å²) in [6.07, 6.45) is 5.55. The molecular formula is C28H33N11O2S. The van der Waals surface area contributed by atoms with Crippen molar-refractivity contribution in [3.8, 4) is 0 Å². The van der Waals surface area contributed by atoms with Crippen LogP contribution in [0.25, 0.3) is 11.0 Å². The van der Waals surface area contributed by atoms with Gasteiger partial charge < -0.3 is 20.9 Å². The van der Waals surface area contributed by atoms with Gasteiger partial charge in [0.05, 0.1) is 6.54 Å². The topological polar surface area (TPSA) is 145 Å². The number of carbonyl (C=O) groups excluding carboxylic acids is 1. The van der Waals surface area contributed by atoms with E-state index in [9.17, 15) is 9.59 Å². The third-order valence-electron chi connectivity index (χ3n) is 7.50. The Morgan fingerprint density at radius 2 is 1.90 bits per heavy atom. The van der Waals surface area contributed by atoms with E-state index < -0.39 is 17.5 Å². The molecule has 1 aromatic carbocycles. The van der Waals surface area contributed by atoms with E-state index in [0.717, 1.165) is 42.3 Å². The standard InChI is InChI=1S/C28H33N11O2S/c1-37(2)26(40)21-14-17-15-31-28(33-19-6-4-18(5-7-19)32-20-8-10-29-11-9-20)34-24(17)39(27(21)41)16-22-23(38(3)36-35-22)25-30-12-13-42-25/h4-7,12-15,20,22-23,29,32H,8-11,16H2,1-3H3,(H,31,33,34). The Kier molecular flexibility index (Phi) is 7.80. The lowest BCUT2D eigenvalue weighted by atomic mass is 10.1. The molecule has 2 aliphatic heterocycles. The molecule has 0 spiro atoms. The first-order valence-electron chi connectivity index (χ1n) is 13.9. The SMILES string of the molecule is CN(C)C(=O)c1cc2cnc(Nc3ccc(NC4CCNCC4)cc3)nc2n(CC2N=NN(C)C2c2nccs2)c1=O. The summed E-state index contributed by atoms with van der Waals surface area (Å²) in [5.41, 5.74) is 1.88. The number of nitrogens with one attached hydrogen (secondary N) is 3. The molecule has 3 N–H and O–H groups in total. The number of anilines is 3. The maximum absolute atomic E-state index is 13.8. The zero-order valence-corrected chi connectivity index (χ0v) is 24.5. The van der Waals surface area contributed by atoms with E-state index in [2.05, 4.69) is 36.3 Å². The molecule has 1 saturated heterocycles. The largest absolute Gasteiger partial charge is 0.382 e. The number of benzene rings is 1. The van der Waals surface area contributed by atoms with Crippen molar-refractivity contribution in [1.29, 1.82) is 0 Å². The summed E-state index contributed by atoms with van der Waals surface area (Å²) in [7, 11) is 5.07. The summed E-state index contributed by atoms with van der Waals surface area (Å²) in [6, 6.07) is 9.37. The van der Waals surface area contributed by atoms with Crippen molar-refractivity contribution >= 4 is 45.6 Å². The number of amides is 1. The fourth-order valence-corrected chi connectivity index (χ4v) is 6.14. The lowest BCUT2D eigenvalue weighted by Crippen LogP contribution is -2.36. The second-order valence-corrected chi connectivity index (χ2v) is 11.6. The number of pyridine rings is 1. The van der Waals surface area contributed by atoms with Gasteiger partial charge >= 0.3 is 0 Å². The molecule has 14 heteroatoms. The summed E-state index contributed by atoms with van der Waals surface area (Å²) in [4.78, 5) is 41.8. The van der Waals surface area contributed by atoms with Gasteiger partial charge in [-0.15, -0.1) is 11.3 Å². The Morgan fingerprint density at radius 3 is 2.62 bits per heavy atom. The number of carbonyl (C=O) groups is 1. The summed E-state index contributed by atoms with van der Waals surface area (Å²) >= 11 is 1.51. The van der Waals surface area contributed by atoms with Gasteiger partial charge in [-0.05, 0) is 56.3 Å². The third-order valence-corrected chi connectivity index (χ3v) is 8.34. The van der Waals surface area contributed by atoms with E-state index in [-0.39, 0.29) is 18.2 Å². The number of hydrogen-bond acceptors (Lipinski definition) is 12. The Balaban J connectivity index is 1.32. The second-order valence-electron chi connectivity index (χ2n) is 10.7. The molecule has 42 heavy (non-hydrogen) atoms. The van der Waals surface area contributed by atoms with E-state index in [1.807, 2.05) is 36.7 Å². The maximum Gasteiger partial charge on any atom is 0.265 e. The molecule has 6 rings (SSSR count). The predicted octanol–water partition coefficient (Wildman–Crippen LogP) is 3.28. The highest BCUT2D eigenvalue weighted by Gasteiger charge is 2.35. The number of likely N-dealkylation sites (N-methyl/N-ethyl adjacent to an activating group) is 1. The second kappa shape index (κ2) is 11.8. The van der Waals surface area contributed by atoms with Crippen LogP contribution in [0.3, 0.4) is 0 Å². The van der Waals surface area contributed by atoms with E-state index >= 15 is 0 Å². The molecule has 2 atom stereocenters. The van der Waals surface area contributed by atoms with E-state index in [4.69, 9.17) is 4.98 Å². The van der Waals surface area contributed by atoms with Crippen molar-refractivity contribution in [3.05, 3.63) is 69.0 Å². The quantitative estimate of drug-likeness (QED) is 0.283. The van der Waals surface area contributed by atoms with Crippen molar-refractivity contribution in [2.24, 2.45) is 10.3 Å². The maximum atomic E-state index is 13.8. The molecule has 0 saturated carbocycles. The van der Waals surface area contributed by atoms with Crippen LogP contribution in [0.2, 0.25) is 0 Å². The van der Waals surface area contributed by atoms with Crippen LogP contribution in [0.5, 0.6) is 0 Å². The van der Waals surface area contributed by atoms with E-state index in [0.29, 0.717) is 23.0 Å². The molecule has 1 fully saturated rings. The smallest absolute Gasteiger partial charge is 0.265 e. The van der Waals surface area contributed by atoms with Crippen LogP contribution < -0.4 is 21.5 Å². The first kappa shape index (κ1) is 27.7. The number of piperidine rings is 1. The summed E-state index contributed by atoms with van der Waals surface area (Å²) < 4.78 is 1.51. The van der Waals surface area contributed by atoms with Crippen LogP contribution >= 0.6 is 11.3 Å². The Hall–Kier alpha value is -4.43. The molecule has 0 radical (unpaired) electrons. The van der Waals surface area contributed by atoms with Gasteiger partial charge in [0.15, 0.2) is 0 Å². The molecule has 2 unspecified atom stereocenters. The number of thiazole rings is 1. The molecule has 13 nitrogen and oxygen atoms in total. The van der Waals surface area contributed by atoms with Gasteiger partial charge in [0.25, 0.3) is 11.5 Å². The average molecular weight is 588 g/mol. The van der Waals surface area contributed by atoms with Crippen LogP contribution in [-0.2, 0) is 6.54 Å². The highest BCUT2D eigenvalue weighted by molar-refractivity contribution is 7.09. The highest BCUT2D eigenvalue weighted by atomic mass is 32.1. The minimum Gasteiger partial charge on any atom is -0.382 e. The number of rotatable bonds is 8. The Labute approximate surface area is 246 Å². The number of aromatic nitrogens is 4. The van der Waals surface area contributed by atoms with Crippen molar-refractivity contribution in [3.63, 3.8) is 0 Å². The fraction of sp³-hybridized carbons (Fsp3) is 0.393. The Morgan fingerprint density at radius 1 is 1.14 bits per heavy atom. The monoisotopic (exact) mass is 587 g/mol. The van der Waals surface area contributed by atoms with E-state index in [1.54, 1.807) is 37.6 Å². The van der Waals surface area contributed by atoms with Crippen LogP contribution in [0.4, 0.5) is 17.3 Å². The Bertz CT molecular complexity index is 1650. The van der Waals surface area contributed by atoms with Crippen molar-refractivity contribution in [1.82, 2.24) is 34.7 Å². The van der Waals surface area contributed by atoms with Gasteiger partial charge in [-0.3, -0.25) is 19.2 Å². The molecule has 1 amide bonds. The third kappa shape index (κ3) is 5.67. The zero-order valence-electron chi connectivity index (χ0n) is 23.7. The van der Waals surface area contributed by atoms with Gasteiger partial charge in [-0.25, -0.2) is 9.97 Å². The van der Waals surface area contributed by atoms with Crippen molar-refractivity contribution < 1.29 is 4.79 Å². The molecule has 218 valence electrons. The van der Waals surface area contributed by atoms with Crippen LogP contribution in [0, 0.1) is 0 Å². The summed E-state index contributed by atoms with van der Waals surface area (Å²) in [5, 5.41) is 24.0. The van der Waals surface area contributed by atoms with Crippen LogP contribution in [-0.4, -0.2) is 81.7 Å². The van der Waals surface area contributed by atoms with Gasteiger partial charge in [0.1, 0.15) is 28.3 Å². The lowest BCUT2D eigenvalue weighted by molar-refractivity contribution is 0.0825. The highest BCUT2D eigenvalue weighted by Crippen LogP contribution is 2.33. The number of hydrogen-bond donors (Lipinski definition) is 3. The fourth-order valence-electron chi connectivity index (χ4n) is 5.31. The minimum absolute atomic E-state index is 0.0442. The molecule has 5 heterocycles. The van der Waals surface area contributed by atoms with Gasteiger partial charge in [-0.2, -0.15) is 10.1 Å². The molecule has 2 aliphatic rings. The number of nitrogens with zero attached hydrogens (tertiary/aromatic N) is 8. The van der Waals surface area contributed by atoms with Crippen LogP contribution in [0.15, 0.2) is 63.2 Å². The molecule has 3 aromatic heterocycles. The van der Waals surface area contributed by atoms with Crippen LogP contribution in [0.1, 0.15) is 34.2 Å². The van der Waals surface area contributed by atoms with Gasteiger partial charge in [-0.1, -0.05) is 5.22 Å². The van der Waals surface area contributed by atoms with E-state index in [1.165, 1.54) is 20.8 Å². The predicted molar refractivity (Wildman–Crippen MR) is 162 cm³/mol. The molecule has 4 aromatic rings. The van der Waals surface area contributed by atoms with Gasteiger partial charge in [0, 0.05) is 61.7 Å². The number of fused-ring (bicyclic) bond motifs is 1. The minimum atomic E-state index is -0.443. The molecule has 0 aliphatic carbocycles. The van der Waals surface area contributed by atoms with Crippen molar-refractivity contribution in [2.45, 2.75) is 37.5 Å². The molecule has 0 bridgehead atoms. The zero-order chi connectivity index (χ0) is 29.2. The molecular weight excluding hydrogens is 554 g/mol. The van der Waals surface area contributed by atoms with Crippen molar-refractivity contribution in [2.75, 3.05) is 44.9 Å². The summed E-state index contributed by atoms with van der Waals surface area (Å²) in [5.74, 6) is -0.0549. The average Bonchev–Trinajstić information content (AvgIpc) is 3.65. The summed E-state index contributed by atoms with van der Waals surface area (Å²) in [6.45, 7) is 2.21. The van der Waals surface area contributed by atoms with Gasteiger partial charge in [0.2, 0.25) is 5.95 Å². The lowest BCUT2D eigenvalue weighted by Gasteiger charge is -2.24. The first-order valence-corrected chi connectivity index (χ1v) is 14.7. The first-order chi connectivity index (χ1) is 20.4.